The molecule has 2 unspecified atom stereocenters. The smallest absolute Gasteiger partial charge is 0.320 e. The van der Waals surface area contributed by atoms with E-state index in [4.69, 9.17) is 15.2 Å². The molecule has 4 rings (SSSR count). The van der Waals surface area contributed by atoms with Gasteiger partial charge in [-0.15, -0.1) is 0 Å². The molecule has 3 N–H and O–H groups in total. The van der Waals surface area contributed by atoms with Crippen molar-refractivity contribution in [3.05, 3.63) is 11.6 Å². The van der Waals surface area contributed by atoms with Crippen LogP contribution in [0.3, 0.4) is 0 Å². The van der Waals surface area contributed by atoms with Crippen LogP contribution in [0, 0.1) is 5.92 Å². The Balaban J connectivity index is 1.56. The molecule has 0 aromatic carbocycles. The second-order valence-electron chi connectivity index (χ2n) is 7.86. The van der Waals surface area contributed by atoms with Crippen molar-refractivity contribution in [3.8, 4) is 6.01 Å². The minimum atomic E-state index is -0.0918. The molecule has 1 fully saturated rings. The first-order chi connectivity index (χ1) is 14.1. The van der Waals surface area contributed by atoms with E-state index in [9.17, 15) is 4.79 Å². The zero-order chi connectivity index (χ0) is 20.2. The third kappa shape index (κ3) is 4.84. The Hall–Kier alpha value is -2.68. The van der Waals surface area contributed by atoms with Gasteiger partial charge in [-0.1, -0.05) is 0 Å². The predicted octanol–water partition coefficient (Wildman–Crippen LogP) is 1.80. The Labute approximate surface area is 170 Å². The van der Waals surface area contributed by atoms with Gasteiger partial charge in [0.15, 0.2) is 11.6 Å². The van der Waals surface area contributed by atoms with Crippen LogP contribution in [0.4, 0.5) is 17.3 Å². The number of nitrogens with zero attached hydrogens (tertiary/aromatic N) is 4. The molecule has 0 spiro atoms. The van der Waals surface area contributed by atoms with Crippen LogP contribution in [0.5, 0.6) is 6.01 Å². The fraction of sp³-hybridized carbons (Fsp3) is 0.600. The van der Waals surface area contributed by atoms with Gasteiger partial charge in [-0.05, 0) is 37.8 Å². The summed E-state index contributed by atoms with van der Waals surface area (Å²) in [6, 6.07) is 0.556. The lowest BCUT2D eigenvalue weighted by Gasteiger charge is -2.25. The lowest BCUT2D eigenvalue weighted by Crippen LogP contribution is -2.28. The Morgan fingerprint density at radius 3 is 3.07 bits per heavy atom. The van der Waals surface area contributed by atoms with E-state index in [1.54, 1.807) is 0 Å². The van der Waals surface area contributed by atoms with Crippen molar-refractivity contribution in [1.29, 1.82) is 0 Å². The lowest BCUT2D eigenvalue weighted by atomic mass is 10.1. The molecule has 29 heavy (non-hydrogen) atoms. The number of nitrogens with two attached hydrogens (primary N) is 1. The maximum Gasteiger partial charge on any atom is 0.320 e. The number of fused-ring (bicyclic) bond motifs is 1. The molecule has 1 aromatic heterocycles. The minimum absolute atomic E-state index is 0.0918. The van der Waals surface area contributed by atoms with Gasteiger partial charge >= 0.3 is 6.01 Å². The SMILES string of the molecule is CC1CCC(CN2CCC(=O)Nc3c(N)nc(OCC4CCOC4)nc32)=CC=N1. The second kappa shape index (κ2) is 8.77. The van der Waals surface area contributed by atoms with Crippen molar-refractivity contribution in [2.24, 2.45) is 10.9 Å². The minimum Gasteiger partial charge on any atom is -0.463 e. The number of nitrogen functional groups attached to an aromatic ring is 1. The average Bonchev–Trinajstić information content (AvgIpc) is 3.07. The Bertz CT molecular complexity index is 819. The van der Waals surface area contributed by atoms with Crippen LogP contribution in [0.2, 0.25) is 0 Å². The van der Waals surface area contributed by atoms with E-state index in [0.717, 1.165) is 25.9 Å². The molecular formula is C20H28N6O3. The Morgan fingerprint density at radius 1 is 1.34 bits per heavy atom. The normalized spacial score (nSPS) is 24.4. The Morgan fingerprint density at radius 2 is 2.24 bits per heavy atom. The Kier molecular flexibility index (Phi) is 5.94. The fourth-order valence-corrected chi connectivity index (χ4v) is 3.69. The number of aliphatic imine (C=N–C) groups is 1. The van der Waals surface area contributed by atoms with Crippen LogP contribution in [0.1, 0.15) is 32.6 Å². The molecule has 1 aromatic rings. The third-order valence-corrected chi connectivity index (χ3v) is 5.47. The molecule has 156 valence electrons. The molecule has 0 bridgehead atoms. The van der Waals surface area contributed by atoms with Crippen LogP contribution in [0.15, 0.2) is 16.6 Å². The first-order valence-corrected chi connectivity index (χ1v) is 10.2. The number of carbonyl (C=O) groups excluding carboxylic acids is 1. The highest BCUT2D eigenvalue weighted by atomic mass is 16.5. The molecule has 2 atom stereocenters. The molecule has 0 aliphatic carbocycles. The maximum atomic E-state index is 12.2. The van der Waals surface area contributed by atoms with Crippen molar-refractivity contribution in [2.45, 2.75) is 38.6 Å². The summed E-state index contributed by atoms with van der Waals surface area (Å²) in [5.74, 6) is 1.08. The van der Waals surface area contributed by atoms with Crippen molar-refractivity contribution in [2.75, 3.05) is 48.9 Å². The summed E-state index contributed by atoms with van der Waals surface area (Å²) in [5, 5.41) is 2.85. The van der Waals surface area contributed by atoms with E-state index in [-0.39, 0.29) is 17.7 Å². The number of ether oxygens (including phenoxy) is 2. The number of amides is 1. The molecule has 0 radical (unpaired) electrons. The van der Waals surface area contributed by atoms with Gasteiger partial charge in [-0.2, -0.15) is 9.97 Å². The van der Waals surface area contributed by atoms with Gasteiger partial charge in [0.05, 0.1) is 13.2 Å². The number of hydrogen-bond acceptors (Lipinski definition) is 8. The first kappa shape index (κ1) is 19.6. The van der Waals surface area contributed by atoms with E-state index in [2.05, 4.69) is 38.2 Å². The van der Waals surface area contributed by atoms with Gasteiger partial charge in [0, 0.05) is 44.3 Å². The summed E-state index contributed by atoms with van der Waals surface area (Å²) in [7, 11) is 0. The van der Waals surface area contributed by atoms with Crippen LogP contribution in [0.25, 0.3) is 0 Å². The molecule has 9 heteroatoms. The summed E-state index contributed by atoms with van der Waals surface area (Å²) in [6.45, 7) is 5.27. The zero-order valence-electron chi connectivity index (χ0n) is 16.8. The molecule has 4 heterocycles. The molecule has 1 amide bonds. The third-order valence-electron chi connectivity index (χ3n) is 5.47. The number of allylic oxidation sites excluding steroid dienone is 1. The van der Waals surface area contributed by atoms with Crippen LogP contribution in [-0.4, -0.2) is 61.0 Å². The molecule has 3 aliphatic heterocycles. The summed E-state index contributed by atoms with van der Waals surface area (Å²) >= 11 is 0. The highest BCUT2D eigenvalue weighted by Gasteiger charge is 2.26. The molecule has 3 aliphatic rings. The van der Waals surface area contributed by atoms with E-state index in [1.807, 2.05) is 6.21 Å². The van der Waals surface area contributed by atoms with E-state index < -0.39 is 0 Å². The summed E-state index contributed by atoms with van der Waals surface area (Å²) in [4.78, 5) is 27.6. The van der Waals surface area contributed by atoms with Gasteiger partial charge < -0.3 is 25.4 Å². The van der Waals surface area contributed by atoms with Crippen LogP contribution >= 0.6 is 0 Å². The van der Waals surface area contributed by atoms with Crippen molar-refractivity contribution in [3.63, 3.8) is 0 Å². The fourth-order valence-electron chi connectivity index (χ4n) is 3.69. The van der Waals surface area contributed by atoms with E-state index in [1.165, 1.54) is 5.57 Å². The van der Waals surface area contributed by atoms with Gasteiger partial charge in [-0.3, -0.25) is 9.79 Å². The highest BCUT2D eigenvalue weighted by Crippen LogP contribution is 2.34. The van der Waals surface area contributed by atoms with Crippen molar-refractivity contribution >= 4 is 29.4 Å². The number of nitrogens with one attached hydrogen (secondary N) is 1. The standard InChI is InChI=1S/C20H28N6O3/c1-13-2-3-14(4-7-22-13)10-26-8-5-16(27)23-17-18(21)24-20(25-19(17)26)29-12-15-6-9-28-11-15/h4,7,13,15H,2-3,5-6,8-12H2,1H3,(H,23,27)(H2,21,24,25). The largest absolute Gasteiger partial charge is 0.463 e. The highest BCUT2D eigenvalue weighted by molar-refractivity contribution is 5.98. The molecule has 1 saturated heterocycles. The molecular weight excluding hydrogens is 372 g/mol. The van der Waals surface area contributed by atoms with Crippen LogP contribution < -0.4 is 20.7 Å². The van der Waals surface area contributed by atoms with E-state index in [0.29, 0.717) is 56.2 Å². The number of anilines is 3. The zero-order valence-corrected chi connectivity index (χ0v) is 16.8. The number of hydrogen-bond donors (Lipinski definition) is 2. The predicted molar refractivity (Wildman–Crippen MR) is 112 cm³/mol. The second-order valence-corrected chi connectivity index (χ2v) is 7.86. The van der Waals surface area contributed by atoms with Gasteiger partial charge in [0.2, 0.25) is 5.91 Å². The van der Waals surface area contributed by atoms with Gasteiger partial charge in [0.25, 0.3) is 0 Å². The summed E-state index contributed by atoms with van der Waals surface area (Å²) < 4.78 is 11.2. The number of aromatic nitrogens is 2. The summed E-state index contributed by atoms with van der Waals surface area (Å²) in [5.41, 5.74) is 7.87. The van der Waals surface area contributed by atoms with Gasteiger partial charge in [0.1, 0.15) is 5.69 Å². The monoisotopic (exact) mass is 400 g/mol. The molecule has 9 nitrogen and oxygen atoms in total. The summed E-state index contributed by atoms with van der Waals surface area (Å²) in [6.07, 6.45) is 7.23. The maximum absolute atomic E-state index is 12.2. The topological polar surface area (TPSA) is 115 Å². The average molecular weight is 400 g/mol. The quantitative estimate of drug-likeness (QED) is 0.774. The number of rotatable bonds is 5. The van der Waals surface area contributed by atoms with Crippen molar-refractivity contribution < 1.29 is 14.3 Å². The van der Waals surface area contributed by atoms with Crippen molar-refractivity contribution in [1.82, 2.24) is 9.97 Å². The number of carbonyl (C=O) groups is 1. The lowest BCUT2D eigenvalue weighted by molar-refractivity contribution is -0.115. The van der Waals surface area contributed by atoms with E-state index >= 15 is 0 Å². The first-order valence-electron chi connectivity index (χ1n) is 10.2. The molecule has 0 saturated carbocycles. The van der Waals surface area contributed by atoms with Crippen LogP contribution in [-0.2, 0) is 9.53 Å². The van der Waals surface area contributed by atoms with Gasteiger partial charge in [-0.25, -0.2) is 0 Å².